The van der Waals surface area contributed by atoms with Crippen LogP contribution in [0.2, 0.25) is 0 Å². The Hall–Kier alpha value is -2.21. The molecule has 1 fully saturated rings. The zero-order valence-electron chi connectivity index (χ0n) is 14.7. The van der Waals surface area contributed by atoms with Crippen molar-refractivity contribution < 1.29 is 13.9 Å². The van der Waals surface area contributed by atoms with Crippen molar-refractivity contribution >= 4 is 5.91 Å². The largest absolute Gasteiger partial charge is 0.381 e. The summed E-state index contributed by atoms with van der Waals surface area (Å²) in [4.78, 5) is 14.5. The summed E-state index contributed by atoms with van der Waals surface area (Å²) < 4.78 is 20.7. The van der Waals surface area contributed by atoms with Gasteiger partial charge in [-0.1, -0.05) is 12.1 Å². The maximum absolute atomic E-state index is 13.4. The number of rotatable bonds is 5. The third-order valence-corrected chi connectivity index (χ3v) is 4.77. The first-order valence-corrected chi connectivity index (χ1v) is 8.59. The van der Waals surface area contributed by atoms with E-state index in [-0.39, 0.29) is 30.3 Å². The van der Waals surface area contributed by atoms with Gasteiger partial charge in [-0.3, -0.25) is 9.48 Å². The standard InChI is InChI=1S/C19H24FN3O2/c1-14-10-21-23(11-14)13-19(24)22-7-6-18(25-2)16(12-22)8-15-4-3-5-17(20)9-15/h3-5,9-11,16,18H,6-8,12-13H2,1-2H3/t16-,18-/m1/s1. The van der Waals surface area contributed by atoms with Crippen LogP contribution in [-0.4, -0.2) is 46.9 Å². The van der Waals surface area contributed by atoms with E-state index in [2.05, 4.69) is 5.10 Å². The smallest absolute Gasteiger partial charge is 0.244 e. The minimum absolute atomic E-state index is 0.0573. The van der Waals surface area contributed by atoms with Gasteiger partial charge in [0, 0.05) is 32.3 Å². The van der Waals surface area contributed by atoms with Gasteiger partial charge in [-0.15, -0.1) is 0 Å². The lowest BCUT2D eigenvalue weighted by Gasteiger charge is -2.38. The number of hydrogen-bond acceptors (Lipinski definition) is 3. The lowest BCUT2D eigenvalue weighted by atomic mass is 9.88. The van der Waals surface area contributed by atoms with E-state index >= 15 is 0 Å². The molecule has 25 heavy (non-hydrogen) atoms. The van der Waals surface area contributed by atoms with Gasteiger partial charge >= 0.3 is 0 Å². The van der Waals surface area contributed by atoms with Gasteiger partial charge in [0.05, 0.1) is 12.3 Å². The highest BCUT2D eigenvalue weighted by Gasteiger charge is 2.31. The van der Waals surface area contributed by atoms with Crippen molar-refractivity contribution in [3.8, 4) is 0 Å². The summed E-state index contributed by atoms with van der Waals surface area (Å²) in [5.74, 6) is -0.0185. The molecule has 0 radical (unpaired) electrons. The monoisotopic (exact) mass is 345 g/mol. The minimum Gasteiger partial charge on any atom is -0.381 e. The Kier molecular flexibility index (Phi) is 5.48. The van der Waals surface area contributed by atoms with Gasteiger partial charge in [-0.2, -0.15) is 5.10 Å². The van der Waals surface area contributed by atoms with Crippen molar-refractivity contribution in [2.45, 2.75) is 32.4 Å². The second kappa shape index (κ2) is 7.78. The Balaban J connectivity index is 1.66. The molecule has 1 aromatic carbocycles. The number of ether oxygens (including phenoxy) is 1. The number of aryl methyl sites for hydroxylation is 1. The molecule has 2 atom stereocenters. The number of amides is 1. The third-order valence-electron chi connectivity index (χ3n) is 4.77. The number of benzene rings is 1. The van der Waals surface area contributed by atoms with Crippen molar-refractivity contribution in [2.24, 2.45) is 5.92 Å². The van der Waals surface area contributed by atoms with E-state index < -0.39 is 0 Å². The van der Waals surface area contributed by atoms with Gasteiger partial charge in [0.1, 0.15) is 12.4 Å². The normalized spacial score (nSPS) is 20.7. The molecule has 0 saturated carbocycles. The van der Waals surface area contributed by atoms with Crippen molar-refractivity contribution in [2.75, 3.05) is 20.2 Å². The van der Waals surface area contributed by atoms with Crippen LogP contribution in [0.5, 0.6) is 0 Å². The lowest BCUT2D eigenvalue weighted by molar-refractivity contribution is -0.136. The fourth-order valence-corrected chi connectivity index (χ4v) is 3.50. The third kappa shape index (κ3) is 4.45. The van der Waals surface area contributed by atoms with Crippen molar-refractivity contribution in [1.82, 2.24) is 14.7 Å². The van der Waals surface area contributed by atoms with Crippen LogP contribution in [0.3, 0.4) is 0 Å². The maximum Gasteiger partial charge on any atom is 0.244 e. The number of carbonyl (C=O) groups excluding carboxylic acids is 1. The molecule has 3 rings (SSSR count). The first-order valence-electron chi connectivity index (χ1n) is 8.59. The van der Waals surface area contributed by atoms with E-state index in [0.717, 1.165) is 17.5 Å². The van der Waals surface area contributed by atoms with E-state index in [9.17, 15) is 9.18 Å². The van der Waals surface area contributed by atoms with Crippen molar-refractivity contribution in [3.05, 3.63) is 53.6 Å². The van der Waals surface area contributed by atoms with Gasteiger partial charge in [0.2, 0.25) is 5.91 Å². The molecule has 0 unspecified atom stereocenters. The van der Waals surface area contributed by atoms with Crippen LogP contribution in [0.25, 0.3) is 0 Å². The van der Waals surface area contributed by atoms with Crippen LogP contribution < -0.4 is 0 Å². The van der Waals surface area contributed by atoms with E-state index in [4.69, 9.17) is 4.74 Å². The molecule has 1 amide bonds. The molecule has 6 heteroatoms. The number of methoxy groups -OCH3 is 1. The summed E-state index contributed by atoms with van der Waals surface area (Å²) in [6.45, 7) is 3.50. The summed E-state index contributed by atoms with van der Waals surface area (Å²) >= 11 is 0. The van der Waals surface area contributed by atoms with Gasteiger partial charge in [-0.25, -0.2) is 4.39 Å². The first-order chi connectivity index (χ1) is 12.0. The molecule has 1 aromatic heterocycles. The molecule has 0 aliphatic carbocycles. The molecule has 2 heterocycles. The van der Waals surface area contributed by atoms with Gasteiger partial charge in [-0.05, 0) is 43.0 Å². The fraction of sp³-hybridized carbons (Fsp3) is 0.474. The zero-order valence-corrected chi connectivity index (χ0v) is 14.7. The first kappa shape index (κ1) is 17.6. The Bertz CT molecular complexity index is 731. The van der Waals surface area contributed by atoms with E-state index in [1.54, 1.807) is 30.1 Å². The number of aromatic nitrogens is 2. The fourth-order valence-electron chi connectivity index (χ4n) is 3.50. The summed E-state index contributed by atoms with van der Waals surface area (Å²) in [6, 6.07) is 6.64. The molecule has 1 aliphatic rings. The number of halogens is 1. The van der Waals surface area contributed by atoms with Crippen LogP contribution in [0.1, 0.15) is 17.5 Å². The number of nitrogens with zero attached hydrogens (tertiary/aromatic N) is 3. The highest BCUT2D eigenvalue weighted by molar-refractivity contribution is 5.76. The average Bonchev–Trinajstić information content (AvgIpc) is 2.99. The molecular weight excluding hydrogens is 321 g/mol. The van der Waals surface area contributed by atoms with Crippen LogP contribution in [0.15, 0.2) is 36.7 Å². The van der Waals surface area contributed by atoms with Crippen LogP contribution in [0.4, 0.5) is 4.39 Å². The highest BCUT2D eigenvalue weighted by Crippen LogP contribution is 2.24. The van der Waals surface area contributed by atoms with Crippen LogP contribution >= 0.6 is 0 Å². The summed E-state index contributed by atoms with van der Waals surface area (Å²) in [5.41, 5.74) is 1.97. The topological polar surface area (TPSA) is 47.4 Å². The minimum atomic E-state index is -0.232. The summed E-state index contributed by atoms with van der Waals surface area (Å²) in [6.07, 6.45) is 5.18. The van der Waals surface area contributed by atoms with E-state index in [1.807, 2.05) is 24.1 Å². The SMILES string of the molecule is CO[C@@H]1CCN(C(=O)Cn2cc(C)cn2)C[C@H]1Cc1cccc(F)c1. The van der Waals surface area contributed by atoms with Crippen molar-refractivity contribution in [3.63, 3.8) is 0 Å². The summed E-state index contributed by atoms with van der Waals surface area (Å²) in [5, 5.41) is 4.18. The summed E-state index contributed by atoms with van der Waals surface area (Å²) in [7, 11) is 1.70. The second-order valence-electron chi connectivity index (χ2n) is 6.71. The van der Waals surface area contributed by atoms with Crippen LogP contribution in [-0.2, 0) is 22.5 Å². The molecule has 0 spiro atoms. The molecule has 0 bridgehead atoms. The van der Waals surface area contributed by atoms with Gasteiger partial charge in [0.25, 0.3) is 0 Å². The van der Waals surface area contributed by atoms with E-state index in [1.165, 1.54) is 6.07 Å². The second-order valence-corrected chi connectivity index (χ2v) is 6.71. The average molecular weight is 345 g/mol. The number of carbonyl (C=O) groups is 1. The molecule has 1 saturated heterocycles. The zero-order chi connectivity index (χ0) is 17.8. The quantitative estimate of drug-likeness (QED) is 0.836. The number of hydrogen-bond donors (Lipinski definition) is 0. The number of likely N-dealkylation sites (tertiary alicyclic amines) is 1. The Morgan fingerprint density at radius 3 is 2.96 bits per heavy atom. The Morgan fingerprint density at radius 2 is 2.28 bits per heavy atom. The highest BCUT2D eigenvalue weighted by atomic mass is 19.1. The predicted octanol–water partition coefficient (Wildman–Crippen LogP) is 2.44. The molecule has 5 nitrogen and oxygen atoms in total. The number of piperidine rings is 1. The molecule has 0 N–H and O–H groups in total. The molecule has 1 aliphatic heterocycles. The molecular formula is C19H24FN3O2. The van der Waals surface area contributed by atoms with Gasteiger partial charge < -0.3 is 9.64 Å². The van der Waals surface area contributed by atoms with Crippen LogP contribution in [0, 0.1) is 18.7 Å². The lowest BCUT2D eigenvalue weighted by Crippen LogP contribution is -2.48. The maximum atomic E-state index is 13.4. The predicted molar refractivity (Wildman–Crippen MR) is 92.6 cm³/mol. The van der Waals surface area contributed by atoms with Crippen molar-refractivity contribution in [1.29, 1.82) is 0 Å². The molecule has 2 aromatic rings. The molecule has 134 valence electrons. The van der Waals surface area contributed by atoms with E-state index in [0.29, 0.717) is 19.5 Å². The van der Waals surface area contributed by atoms with Gasteiger partial charge in [0.15, 0.2) is 0 Å². The Labute approximate surface area is 147 Å². The Morgan fingerprint density at radius 1 is 1.44 bits per heavy atom.